The van der Waals surface area contributed by atoms with E-state index in [4.69, 9.17) is 20.9 Å². The topological polar surface area (TPSA) is 105 Å². The summed E-state index contributed by atoms with van der Waals surface area (Å²) < 4.78 is 11.6. The van der Waals surface area contributed by atoms with Gasteiger partial charge in [-0.2, -0.15) is 0 Å². The van der Waals surface area contributed by atoms with E-state index in [2.05, 4.69) is 0 Å². The second-order valence-corrected chi connectivity index (χ2v) is 7.25. The van der Waals surface area contributed by atoms with E-state index >= 15 is 0 Å². The van der Waals surface area contributed by atoms with Crippen LogP contribution in [0.15, 0.2) is 24.3 Å². The second kappa shape index (κ2) is 7.87. The molecule has 4 N–H and O–H groups in total. The van der Waals surface area contributed by atoms with E-state index in [1.807, 2.05) is 24.3 Å². The highest BCUT2D eigenvalue weighted by atomic mass is 16.7. The average molecular weight is 346 g/mol. The van der Waals surface area contributed by atoms with Gasteiger partial charge in [-0.05, 0) is 55.2 Å². The Morgan fingerprint density at radius 2 is 1.88 bits per heavy atom. The molecule has 2 bridgehead atoms. The third-order valence-corrected chi connectivity index (χ3v) is 5.41. The van der Waals surface area contributed by atoms with E-state index in [1.165, 1.54) is 19.3 Å². The van der Waals surface area contributed by atoms with Gasteiger partial charge in [0, 0.05) is 18.8 Å². The summed E-state index contributed by atoms with van der Waals surface area (Å²) in [4.78, 5) is 22.5. The van der Waals surface area contributed by atoms with Gasteiger partial charge >= 0.3 is 0 Å². The van der Waals surface area contributed by atoms with Crippen LogP contribution in [0.5, 0.6) is 5.75 Å². The number of hydrogen-bond donors (Lipinski definition) is 2. The maximum Gasteiger partial charge on any atom is 0.218 e. The van der Waals surface area contributed by atoms with Crippen LogP contribution in [0.3, 0.4) is 0 Å². The van der Waals surface area contributed by atoms with Crippen LogP contribution in [-0.4, -0.2) is 24.7 Å². The Bertz CT molecular complexity index is 618. The number of fused-ring (bicyclic) bond motifs is 2. The summed E-state index contributed by atoms with van der Waals surface area (Å²) >= 11 is 0. The molecule has 1 aromatic carbocycles. The van der Waals surface area contributed by atoms with Crippen LogP contribution in [0.2, 0.25) is 0 Å². The molecule has 0 saturated heterocycles. The smallest absolute Gasteiger partial charge is 0.218 e. The Labute approximate surface area is 147 Å². The summed E-state index contributed by atoms with van der Waals surface area (Å²) in [5.74, 6) is 0.927. The van der Waals surface area contributed by atoms with Gasteiger partial charge in [-0.25, -0.2) is 0 Å². The van der Waals surface area contributed by atoms with Crippen molar-refractivity contribution in [1.82, 2.24) is 0 Å². The standard InChI is InChI=1S/C19H26N2O4/c20-18(22)9-15(10-19(21)23)13-2-1-3-16(8-13)24-11-25-17-7-12-4-5-14(17)6-12/h1-3,8,12,14-15,17H,4-7,9-11H2,(H2,20,22)(H2,21,23)/t12-,14-,17-/m0/s1. The molecule has 0 spiro atoms. The normalized spacial score (nSPS) is 24.6. The molecule has 3 atom stereocenters. The zero-order valence-corrected chi connectivity index (χ0v) is 14.4. The first-order chi connectivity index (χ1) is 12.0. The van der Waals surface area contributed by atoms with Crippen molar-refractivity contribution >= 4 is 11.8 Å². The van der Waals surface area contributed by atoms with Gasteiger partial charge in [0.05, 0.1) is 6.10 Å². The molecule has 2 aliphatic carbocycles. The number of benzene rings is 1. The SMILES string of the molecule is NC(=O)CC(CC(N)=O)c1cccc(OCO[C@H]2C[C@H]3CC[C@H]2C3)c1. The minimum atomic E-state index is -0.461. The summed E-state index contributed by atoms with van der Waals surface area (Å²) in [5.41, 5.74) is 11.4. The highest BCUT2D eigenvalue weighted by Gasteiger charge is 2.40. The van der Waals surface area contributed by atoms with Crippen molar-refractivity contribution in [3.05, 3.63) is 29.8 Å². The number of nitrogens with two attached hydrogens (primary N) is 2. The molecule has 0 aliphatic heterocycles. The predicted octanol–water partition coefficient (Wildman–Crippen LogP) is 2.06. The molecule has 6 heteroatoms. The van der Waals surface area contributed by atoms with Gasteiger partial charge in [0.1, 0.15) is 5.75 Å². The van der Waals surface area contributed by atoms with Gasteiger partial charge in [-0.15, -0.1) is 0 Å². The minimum absolute atomic E-state index is 0.0774. The largest absolute Gasteiger partial charge is 0.468 e. The van der Waals surface area contributed by atoms with Crippen molar-refractivity contribution < 1.29 is 19.1 Å². The maximum absolute atomic E-state index is 11.3. The Morgan fingerprint density at radius 3 is 2.48 bits per heavy atom. The third-order valence-electron chi connectivity index (χ3n) is 5.41. The molecular formula is C19H26N2O4. The molecule has 3 rings (SSSR count). The minimum Gasteiger partial charge on any atom is -0.468 e. The first-order valence-corrected chi connectivity index (χ1v) is 8.92. The Hall–Kier alpha value is -2.08. The van der Waals surface area contributed by atoms with Gasteiger partial charge in [0.15, 0.2) is 6.79 Å². The van der Waals surface area contributed by atoms with E-state index in [1.54, 1.807) is 0 Å². The van der Waals surface area contributed by atoms with E-state index in [0.717, 1.165) is 17.9 Å². The summed E-state index contributed by atoms with van der Waals surface area (Å²) in [6.45, 7) is 0.216. The molecule has 136 valence electrons. The lowest BCUT2D eigenvalue weighted by Gasteiger charge is -2.22. The van der Waals surface area contributed by atoms with Crippen molar-refractivity contribution in [2.75, 3.05) is 6.79 Å². The van der Waals surface area contributed by atoms with Gasteiger partial charge in [-0.3, -0.25) is 9.59 Å². The number of primary amides is 2. The lowest BCUT2D eigenvalue weighted by atomic mass is 9.92. The highest BCUT2D eigenvalue weighted by molar-refractivity contribution is 5.78. The number of hydrogen-bond acceptors (Lipinski definition) is 4. The van der Waals surface area contributed by atoms with Crippen molar-refractivity contribution in [1.29, 1.82) is 0 Å². The molecule has 1 aromatic rings. The number of rotatable bonds is 9. The summed E-state index contributed by atoms with van der Waals surface area (Å²) in [7, 11) is 0. The summed E-state index contributed by atoms with van der Waals surface area (Å²) in [6.07, 6.45) is 5.53. The zero-order valence-electron chi connectivity index (χ0n) is 14.4. The van der Waals surface area contributed by atoms with Crippen molar-refractivity contribution in [3.63, 3.8) is 0 Å². The van der Waals surface area contributed by atoms with E-state index in [0.29, 0.717) is 17.8 Å². The Balaban J connectivity index is 1.56. The average Bonchev–Trinajstić information content (AvgIpc) is 3.16. The van der Waals surface area contributed by atoms with Crippen LogP contribution in [0.25, 0.3) is 0 Å². The highest BCUT2D eigenvalue weighted by Crippen LogP contribution is 2.45. The summed E-state index contributed by atoms with van der Waals surface area (Å²) in [6, 6.07) is 7.33. The first kappa shape index (κ1) is 17.7. The van der Waals surface area contributed by atoms with E-state index < -0.39 is 11.8 Å². The second-order valence-electron chi connectivity index (χ2n) is 7.25. The van der Waals surface area contributed by atoms with Gasteiger partial charge in [-0.1, -0.05) is 12.1 Å². The molecule has 2 aliphatic rings. The fourth-order valence-corrected chi connectivity index (χ4v) is 4.23. The maximum atomic E-state index is 11.3. The molecular weight excluding hydrogens is 320 g/mol. The molecule has 2 saturated carbocycles. The number of carbonyl (C=O) groups excluding carboxylic acids is 2. The molecule has 2 fully saturated rings. The van der Waals surface area contributed by atoms with Crippen LogP contribution in [-0.2, 0) is 14.3 Å². The number of carbonyl (C=O) groups is 2. The van der Waals surface area contributed by atoms with Crippen LogP contribution in [0.4, 0.5) is 0 Å². The van der Waals surface area contributed by atoms with E-state index in [9.17, 15) is 9.59 Å². The fraction of sp³-hybridized carbons (Fsp3) is 0.579. The lowest BCUT2D eigenvalue weighted by molar-refractivity contribution is -0.119. The van der Waals surface area contributed by atoms with Crippen LogP contribution in [0.1, 0.15) is 50.0 Å². The first-order valence-electron chi connectivity index (χ1n) is 8.92. The zero-order chi connectivity index (χ0) is 17.8. The summed E-state index contributed by atoms with van der Waals surface area (Å²) in [5, 5.41) is 0. The molecule has 2 amide bonds. The lowest BCUT2D eigenvalue weighted by Crippen LogP contribution is -2.22. The van der Waals surface area contributed by atoms with Crippen molar-refractivity contribution in [3.8, 4) is 5.75 Å². The molecule has 0 radical (unpaired) electrons. The van der Waals surface area contributed by atoms with E-state index in [-0.39, 0.29) is 25.6 Å². The number of ether oxygens (including phenoxy) is 2. The van der Waals surface area contributed by atoms with Crippen molar-refractivity contribution in [2.24, 2.45) is 23.3 Å². The number of amides is 2. The molecule has 6 nitrogen and oxygen atoms in total. The van der Waals surface area contributed by atoms with Crippen LogP contribution >= 0.6 is 0 Å². The molecule has 0 unspecified atom stereocenters. The Kier molecular flexibility index (Phi) is 5.58. The monoisotopic (exact) mass is 346 g/mol. The molecule has 25 heavy (non-hydrogen) atoms. The molecule has 0 aromatic heterocycles. The molecule has 0 heterocycles. The van der Waals surface area contributed by atoms with Crippen LogP contribution in [0, 0.1) is 11.8 Å². The fourth-order valence-electron chi connectivity index (χ4n) is 4.23. The third kappa shape index (κ3) is 4.72. The van der Waals surface area contributed by atoms with Gasteiger partial charge in [0.2, 0.25) is 11.8 Å². The Morgan fingerprint density at radius 1 is 1.12 bits per heavy atom. The van der Waals surface area contributed by atoms with Crippen LogP contribution < -0.4 is 16.2 Å². The van der Waals surface area contributed by atoms with Crippen molar-refractivity contribution in [2.45, 2.75) is 50.5 Å². The van der Waals surface area contributed by atoms with Gasteiger partial charge in [0.25, 0.3) is 0 Å². The van der Waals surface area contributed by atoms with Gasteiger partial charge < -0.3 is 20.9 Å². The predicted molar refractivity (Wildman–Crippen MR) is 92.6 cm³/mol. The quantitative estimate of drug-likeness (QED) is 0.668.